The first-order chi connectivity index (χ1) is 8.84. The summed E-state index contributed by atoms with van der Waals surface area (Å²) >= 11 is 0. The van der Waals surface area contributed by atoms with E-state index in [1.165, 1.54) is 0 Å². The topological polar surface area (TPSA) is 54.4 Å². The van der Waals surface area contributed by atoms with Gasteiger partial charge < -0.3 is 0 Å². The molecule has 3 radical (unpaired) electrons. The fourth-order valence-electron chi connectivity index (χ4n) is 2.30. The van der Waals surface area contributed by atoms with Crippen molar-refractivity contribution in [2.45, 2.75) is 38.0 Å². The molecule has 20 heavy (non-hydrogen) atoms. The van der Waals surface area contributed by atoms with Gasteiger partial charge in [0, 0.05) is 22.9 Å². The van der Waals surface area contributed by atoms with E-state index in [1.807, 2.05) is 31.2 Å². The maximum atomic E-state index is 11.5. The molecule has 0 amide bonds. The Morgan fingerprint density at radius 2 is 1.80 bits per heavy atom. The molecule has 5 heteroatoms. The molecule has 0 saturated heterocycles. The molecule has 2 aliphatic rings. The summed E-state index contributed by atoms with van der Waals surface area (Å²) in [6, 6.07) is 9.27. The van der Waals surface area contributed by atoms with E-state index >= 15 is 0 Å². The lowest BCUT2D eigenvalue weighted by Crippen LogP contribution is -1.97. The normalized spacial score (nSPS) is 11.7. The van der Waals surface area contributed by atoms with Crippen molar-refractivity contribution < 1.29 is 13.0 Å². The summed E-state index contributed by atoms with van der Waals surface area (Å²) in [5, 5.41) is 0. The van der Waals surface area contributed by atoms with Gasteiger partial charge in [0.1, 0.15) is 4.90 Å². The zero-order valence-electron chi connectivity index (χ0n) is 11.9. The van der Waals surface area contributed by atoms with Crippen molar-refractivity contribution >= 4 is 27.5 Å². The van der Waals surface area contributed by atoms with Gasteiger partial charge >= 0.3 is 0 Å². The van der Waals surface area contributed by atoms with Crippen LogP contribution in [0.1, 0.15) is 37.8 Å². The molecule has 0 spiro atoms. The molecule has 105 valence electrons. The maximum Gasteiger partial charge on any atom is 0.295 e. The molecule has 0 unspecified atom stereocenters. The highest BCUT2D eigenvalue weighted by Crippen LogP contribution is 2.36. The molecule has 2 aliphatic carbocycles. The van der Waals surface area contributed by atoms with E-state index in [1.54, 1.807) is 6.07 Å². The lowest BCUT2D eigenvalue weighted by Gasteiger charge is -2.04. The fourth-order valence-corrected chi connectivity index (χ4v) is 3.04. The van der Waals surface area contributed by atoms with Gasteiger partial charge in [-0.25, -0.2) is 0 Å². The Morgan fingerprint density at radius 3 is 2.30 bits per heavy atom. The van der Waals surface area contributed by atoms with E-state index in [4.69, 9.17) is 0 Å². The molecule has 2 rings (SSSR count). The minimum absolute atomic E-state index is 0. The lowest BCUT2D eigenvalue weighted by molar-refractivity contribution is 0.484. The predicted molar refractivity (Wildman–Crippen MR) is 82.1 cm³/mol. The summed E-state index contributed by atoms with van der Waals surface area (Å²) < 4.78 is 32.4. The second-order valence-corrected chi connectivity index (χ2v) is 6.40. The largest absolute Gasteiger partial charge is 0.295 e. The molecule has 0 heterocycles. The van der Waals surface area contributed by atoms with Crippen LogP contribution >= 0.6 is 0 Å². The van der Waals surface area contributed by atoms with Crippen molar-refractivity contribution in [1.29, 1.82) is 0 Å². The molecule has 3 nitrogen and oxygen atoms in total. The predicted octanol–water partition coefficient (Wildman–Crippen LogP) is 3.34. The lowest BCUT2D eigenvalue weighted by atomic mass is 10.0. The van der Waals surface area contributed by atoms with Crippen LogP contribution in [0.3, 0.4) is 0 Å². The molecular weight excluding hydrogens is 287 g/mol. The van der Waals surface area contributed by atoms with Crippen LogP contribution in [0, 0.1) is 0 Å². The van der Waals surface area contributed by atoms with Gasteiger partial charge in [-0.3, -0.25) is 4.55 Å². The molecule has 1 N–H and O–H groups in total. The fraction of sp³-hybridized carbons (Fsp3) is 0.333. The first kappa shape index (κ1) is 17.2. The Balaban J connectivity index is 0.00000200. The van der Waals surface area contributed by atoms with Gasteiger partial charge in [-0.05, 0) is 41.2 Å². The molecule has 0 fully saturated rings. The molecule has 0 aromatic rings. The van der Waals surface area contributed by atoms with Crippen molar-refractivity contribution in [3.8, 4) is 11.1 Å². The first-order valence-electron chi connectivity index (χ1n) is 6.37. The SMILES string of the molecule is CCc1cc(S(=O)(=O)O)c2cc(C(C)C)cccc1-2.[Al]. The number of hydrogen-bond donors (Lipinski definition) is 1. The third-order valence-corrected chi connectivity index (χ3v) is 4.29. The highest BCUT2D eigenvalue weighted by atomic mass is 32.2. The second-order valence-electron chi connectivity index (χ2n) is 5.01. The average Bonchev–Trinajstić information content (AvgIpc) is 2.52. The summed E-state index contributed by atoms with van der Waals surface area (Å²) in [7, 11) is -4.19. The molecule has 0 atom stereocenters. The average molecular weight is 305 g/mol. The van der Waals surface area contributed by atoms with E-state index in [2.05, 4.69) is 13.8 Å². The molecule has 0 aliphatic heterocycles. The van der Waals surface area contributed by atoms with Crippen LogP contribution in [-0.4, -0.2) is 30.3 Å². The van der Waals surface area contributed by atoms with Crippen LogP contribution in [0.25, 0.3) is 11.1 Å². The van der Waals surface area contributed by atoms with Gasteiger partial charge in [-0.2, -0.15) is 8.42 Å². The minimum atomic E-state index is -4.19. The number of rotatable bonds is 3. The third-order valence-electron chi connectivity index (χ3n) is 3.39. The summed E-state index contributed by atoms with van der Waals surface area (Å²) in [6.07, 6.45) is 0.729. The zero-order chi connectivity index (χ0) is 14.2. The monoisotopic (exact) mass is 305 g/mol. The molecule has 0 bridgehead atoms. The highest BCUT2D eigenvalue weighted by Gasteiger charge is 2.22. The summed E-state index contributed by atoms with van der Waals surface area (Å²) in [4.78, 5) is 0.0115. The van der Waals surface area contributed by atoms with Crippen molar-refractivity contribution in [3.63, 3.8) is 0 Å². The number of aryl methyl sites for hydroxylation is 1. The minimum Gasteiger partial charge on any atom is -0.282 e. The summed E-state index contributed by atoms with van der Waals surface area (Å²) in [5.74, 6) is 0.296. The quantitative estimate of drug-likeness (QED) is 0.699. The summed E-state index contributed by atoms with van der Waals surface area (Å²) in [5.41, 5.74) is 3.48. The Hall–Kier alpha value is -0.858. The van der Waals surface area contributed by atoms with Crippen molar-refractivity contribution in [1.82, 2.24) is 0 Å². The second kappa shape index (κ2) is 6.28. The molecule has 0 aromatic carbocycles. The van der Waals surface area contributed by atoms with E-state index in [0.29, 0.717) is 11.5 Å². The Kier molecular flexibility index (Phi) is 5.40. The van der Waals surface area contributed by atoms with Crippen LogP contribution in [-0.2, 0) is 16.5 Å². The van der Waals surface area contributed by atoms with Crippen LogP contribution in [0.4, 0.5) is 0 Å². The first-order valence-corrected chi connectivity index (χ1v) is 7.81. The van der Waals surface area contributed by atoms with E-state index in [9.17, 15) is 13.0 Å². The van der Waals surface area contributed by atoms with Crippen LogP contribution < -0.4 is 0 Å². The number of fused-ring (bicyclic) bond motifs is 1. The van der Waals surface area contributed by atoms with Gasteiger partial charge in [0.05, 0.1) is 0 Å². The van der Waals surface area contributed by atoms with Gasteiger partial charge in [0.25, 0.3) is 10.1 Å². The van der Waals surface area contributed by atoms with Gasteiger partial charge in [-0.15, -0.1) is 0 Å². The third kappa shape index (κ3) is 3.24. The van der Waals surface area contributed by atoms with Gasteiger partial charge in [0.15, 0.2) is 0 Å². The van der Waals surface area contributed by atoms with E-state index in [0.717, 1.165) is 23.1 Å². The van der Waals surface area contributed by atoms with Crippen LogP contribution in [0.15, 0.2) is 35.2 Å². The maximum absolute atomic E-state index is 11.5. The Morgan fingerprint density at radius 1 is 1.15 bits per heavy atom. The van der Waals surface area contributed by atoms with Crippen LogP contribution in [0.2, 0.25) is 0 Å². The van der Waals surface area contributed by atoms with Gasteiger partial charge in [-0.1, -0.05) is 39.0 Å². The highest BCUT2D eigenvalue weighted by molar-refractivity contribution is 7.86. The molecule has 0 aromatic heterocycles. The standard InChI is InChI=1S/C15H18O3S.Al/c1-4-11-9-15(19(16,17)18)14-8-12(10(2)3)6-5-7-13(11)14;/h5-10H,4H2,1-3H3,(H,16,17,18);. The van der Waals surface area contributed by atoms with Crippen LogP contribution in [0.5, 0.6) is 0 Å². The van der Waals surface area contributed by atoms with Gasteiger partial charge in [0.2, 0.25) is 0 Å². The zero-order valence-corrected chi connectivity index (χ0v) is 13.9. The molecule has 0 saturated carbocycles. The summed E-state index contributed by atoms with van der Waals surface area (Å²) in [6.45, 7) is 6.08. The van der Waals surface area contributed by atoms with Crippen molar-refractivity contribution in [2.24, 2.45) is 0 Å². The Bertz CT molecular complexity index is 678. The smallest absolute Gasteiger partial charge is 0.282 e. The Labute approximate surface area is 131 Å². The molecular formula is C15H18AlO3S. The van der Waals surface area contributed by atoms with Crippen molar-refractivity contribution in [3.05, 3.63) is 41.5 Å². The van der Waals surface area contributed by atoms with Crippen molar-refractivity contribution in [2.75, 3.05) is 0 Å². The number of hydrogen-bond acceptors (Lipinski definition) is 2. The van der Waals surface area contributed by atoms with E-state index < -0.39 is 10.1 Å². The van der Waals surface area contributed by atoms with E-state index in [-0.39, 0.29) is 22.3 Å².